The topological polar surface area (TPSA) is 227 Å². The Morgan fingerprint density at radius 2 is 1.42 bits per heavy atom. The van der Waals surface area contributed by atoms with E-state index in [2.05, 4.69) is 5.32 Å². The van der Waals surface area contributed by atoms with E-state index in [4.69, 9.17) is 0 Å². The molecule has 3 rings (SSSR count). The van der Waals surface area contributed by atoms with Crippen LogP contribution in [-0.2, 0) is 19.2 Å². The number of nitrogens with one attached hydrogen (secondary N) is 1. The van der Waals surface area contributed by atoms with E-state index in [0.717, 1.165) is 6.07 Å². The third-order valence-corrected chi connectivity index (χ3v) is 8.06. The number of benzene rings is 2. The number of phenols is 1. The monoisotopic (exact) mass is 761 g/mol. The number of carbonyl (C=O) groups excluding carboxylic acids is 4. The van der Waals surface area contributed by atoms with Crippen LogP contribution in [0.3, 0.4) is 0 Å². The molecule has 50 heavy (non-hydrogen) atoms. The number of hydrogen-bond acceptors (Lipinski definition) is 13. The van der Waals surface area contributed by atoms with Crippen LogP contribution in [0, 0.1) is 11.6 Å². The number of carbonyl (C=O) groups is 5. The Morgan fingerprint density at radius 3 is 1.96 bits per heavy atom. The third kappa shape index (κ3) is 14.1. The molecule has 1 fully saturated rings. The first-order chi connectivity index (χ1) is 22.9. The number of nitrogens with zero attached hydrogens (tertiary/aromatic N) is 4. The second-order valence-electron chi connectivity index (χ2n) is 11.4. The minimum Gasteiger partial charge on any atom is -0.870 e. The molecule has 270 valence electrons. The smallest absolute Gasteiger partial charge is 0.870 e. The van der Waals surface area contributed by atoms with Gasteiger partial charge < -0.3 is 45.6 Å². The zero-order chi connectivity index (χ0) is 35.2. The van der Waals surface area contributed by atoms with E-state index in [1.807, 2.05) is 0 Å². The summed E-state index contributed by atoms with van der Waals surface area (Å²) >= 11 is 0. The van der Waals surface area contributed by atoms with Crippen LogP contribution in [0.25, 0.3) is 11.1 Å². The number of aromatic hydroxyl groups is 1. The summed E-state index contributed by atoms with van der Waals surface area (Å²) in [5.41, 5.74) is 0.107. The Kier molecular flexibility index (Phi) is 19.4. The second-order valence-corrected chi connectivity index (χ2v) is 11.4. The molecule has 1 aliphatic rings. The van der Waals surface area contributed by atoms with Crippen molar-refractivity contribution in [2.45, 2.75) is 18.9 Å². The molecular formula is C32H40F2GaN5O10. The fraction of sp³-hybridized carbons (Fsp3) is 0.469. The molecule has 0 aliphatic carbocycles. The summed E-state index contributed by atoms with van der Waals surface area (Å²) in [6.45, 7) is 0.851. The van der Waals surface area contributed by atoms with E-state index in [-0.39, 0.29) is 126 Å². The number of rotatable bonds is 14. The molecule has 15 nitrogen and oxygen atoms in total. The number of aldehydes is 1. The maximum Gasteiger partial charge on any atom is 3.00 e. The van der Waals surface area contributed by atoms with Crippen molar-refractivity contribution >= 4 is 49.9 Å². The first-order valence-corrected chi connectivity index (χ1v) is 15.4. The van der Waals surface area contributed by atoms with Gasteiger partial charge in [-0.3, -0.25) is 29.2 Å². The quantitative estimate of drug-likeness (QED) is 0.104. The molecule has 1 unspecified atom stereocenters. The number of amides is 1. The van der Waals surface area contributed by atoms with Gasteiger partial charge in [-0.25, -0.2) is 8.78 Å². The SMILES string of the molecule is O=CCN1CCN(CC(=O)[O-])CCN(CC(=O)[O-])CCN(C(CCCNC(=O)c2cc(-c3ccc(F)cc3F)ccc2O)C(=O)O)CC1.[Ga+3].[OH-]. The van der Waals surface area contributed by atoms with Crippen molar-refractivity contribution in [3.05, 3.63) is 53.6 Å². The van der Waals surface area contributed by atoms with E-state index in [1.165, 1.54) is 29.2 Å². The first kappa shape index (κ1) is 44.1. The van der Waals surface area contributed by atoms with Crippen LogP contribution in [0.4, 0.5) is 8.78 Å². The molecule has 0 saturated carbocycles. The average molecular weight is 762 g/mol. The molecule has 4 N–H and O–H groups in total. The molecule has 2 aromatic rings. The van der Waals surface area contributed by atoms with Crippen molar-refractivity contribution in [1.29, 1.82) is 0 Å². The molecule has 0 spiro atoms. The fourth-order valence-electron chi connectivity index (χ4n) is 5.50. The van der Waals surface area contributed by atoms with Crippen LogP contribution in [-0.4, -0.2) is 170 Å². The number of phenolic OH excluding ortho intramolecular Hbond substituents is 1. The zero-order valence-electron chi connectivity index (χ0n) is 27.3. The van der Waals surface area contributed by atoms with Gasteiger partial charge in [0.25, 0.3) is 5.91 Å². The van der Waals surface area contributed by atoms with Crippen LogP contribution in [0.15, 0.2) is 36.4 Å². The van der Waals surface area contributed by atoms with E-state index < -0.39 is 48.0 Å². The van der Waals surface area contributed by atoms with E-state index >= 15 is 0 Å². The Labute approximate surface area is 300 Å². The van der Waals surface area contributed by atoms with Gasteiger partial charge in [0.2, 0.25) is 0 Å². The standard InChI is InChI=1S/C32H41F2N5O9.Ga.H2O/c33-23-4-5-24(26(34)19-23)22-3-6-28(41)25(18-22)31(46)35-7-1-2-27(32(47)48)39-14-12-36(16-17-40)8-9-37(20-29(42)43)10-11-38(13-15-39)21-30(44)45;;/h3-6,17-19,27,41H,1-2,7-16,20-21H2,(H,35,46)(H,42,43)(H,44,45)(H,47,48);;1H2/q;+3;/p-3. The summed E-state index contributed by atoms with van der Waals surface area (Å²) in [6.07, 6.45) is 0.975. The van der Waals surface area contributed by atoms with Gasteiger partial charge in [0.15, 0.2) is 0 Å². The van der Waals surface area contributed by atoms with Crippen LogP contribution in [0.2, 0.25) is 0 Å². The van der Waals surface area contributed by atoms with Crippen molar-refractivity contribution in [2.24, 2.45) is 0 Å². The van der Waals surface area contributed by atoms with Crippen LogP contribution < -0.4 is 15.5 Å². The first-order valence-electron chi connectivity index (χ1n) is 15.4. The Morgan fingerprint density at radius 1 is 0.860 bits per heavy atom. The number of halogens is 2. The molecule has 2 aromatic carbocycles. The number of aliphatic carboxylic acids is 3. The van der Waals surface area contributed by atoms with Crippen molar-refractivity contribution in [3.63, 3.8) is 0 Å². The molecule has 0 bridgehead atoms. The minimum atomic E-state index is -1.35. The van der Waals surface area contributed by atoms with Crippen LogP contribution in [0.5, 0.6) is 5.75 Å². The molecule has 0 aromatic heterocycles. The summed E-state index contributed by atoms with van der Waals surface area (Å²) < 4.78 is 27.7. The number of carboxylic acids is 3. The Balaban J connectivity index is 0.00000625. The van der Waals surface area contributed by atoms with Gasteiger partial charge in [-0.05, 0) is 42.7 Å². The molecule has 18 heteroatoms. The maximum atomic E-state index is 14.3. The summed E-state index contributed by atoms with van der Waals surface area (Å²) in [4.78, 5) is 65.9. The summed E-state index contributed by atoms with van der Waals surface area (Å²) in [7, 11) is 0. The van der Waals surface area contributed by atoms with E-state index in [9.17, 15) is 53.2 Å². The molecule has 1 atom stereocenters. The van der Waals surface area contributed by atoms with Gasteiger partial charge >= 0.3 is 25.8 Å². The van der Waals surface area contributed by atoms with E-state index in [1.54, 1.807) is 14.7 Å². The average Bonchev–Trinajstić information content (AvgIpc) is 3.01. The molecule has 0 radical (unpaired) electrons. The van der Waals surface area contributed by atoms with E-state index in [0.29, 0.717) is 18.9 Å². The summed E-state index contributed by atoms with van der Waals surface area (Å²) in [6, 6.07) is 5.79. The molecule has 1 amide bonds. The van der Waals surface area contributed by atoms with Gasteiger partial charge in [-0.15, -0.1) is 0 Å². The predicted molar refractivity (Wildman–Crippen MR) is 171 cm³/mol. The Bertz CT molecular complexity index is 1460. The van der Waals surface area contributed by atoms with Crippen molar-refractivity contribution < 1.29 is 58.7 Å². The number of carboxylic acid groups (broad SMARTS) is 3. The van der Waals surface area contributed by atoms with Crippen LogP contribution >= 0.6 is 0 Å². The van der Waals surface area contributed by atoms with Crippen molar-refractivity contribution in [3.8, 4) is 16.9 Å². The molecule has 1 saturated heterocycles. The molecule has 1 heterocycles. The van der Waals surface area contributed by atoms with Gasteiger partial charge in [0.1, 0.15) is 29.7 Å². The van der Waals surface area contributed by atoms with Gasteiger partial charge in [0.05, 0.1) is 24.0 Å². The molecule has 1 aliphatic heterocycles. The van der Waals surface area contributed by atoms with Gasteiger partial charge in [-0.2, -0.15) is 0 Å². The fourth-order valence-corrected chi connectivity index (χ4v) is 5.50. The van der Waals surface area contributed by atoms with Gasteiger partial charge in [-0.1, -0.05) is 6.07 Å². The summed E-state index contributed by atoms with van der Waals surface area (Å²) in [5, 5.41) is 45.7. The number of hydrogen-bond donors (Lipinski definition) is 3. The van der Waals surface area contributed by atoms with Crippen molar-refractivity contribution in [1.82, 2.24) is 24.9 Å². The van der Waals surface area contributed by atoms with Crippen molar-refractivity contribution in [2.75, 3.05) is 78.5 Å². The zero-order valence-corrected chi connectivity index (χ0v) is 29.8. The van der Waals surface area contributed by atoms with Gasteiger partial charge in [0, 0.05) is 83.6 Å². The second kappa shape index (κ2) is 22.0. The summed E-state index contributed by atoms with van der Waals surface area (Å²) in [5.74, 6) is -6.46. The Hall–Kier alpha value is -3.91. The van der Waals surface area contributed by atoms with Crippen LogP contribution in [0.1, 0.15) is 23.2 Å². The molecular weight excluding hydrogens is 722 g/mol. The largest absolute Gasteiger partial charge is 3.00 e. The predicted octanol–water partition coefficient (Wildman–Crippen LogP) is -2.34. The maximum absolute atomic E-state index is 14.3. The minimum absolute atomic E-state index is 0. The normalized spacial score (nSPS) is 16.0. The third-order valence-electron chi connectivity index (χ3n) is 8.06.